The minimum Gasteiger partial charge on any atom is -0.352 e. The van der Waals surface area contributed by atoms with Gasteiger partial charge in [0.05, 0.1) is 30.0 Å². The lowest BCUT2D eigenvalue weighted by atomic mass is 9.88. The molecule has 1 amide bonds. The Morgan fingerprint density at radius 3 is 2.58 bits per heavy atom. The van der Waals surface area contributed by atoms with Gasteiger partial charge in [-0.3, -0.25) is 9.48 Å². The van der Waals surface area contributed by atoms with Crippen molar-refractivity contribution in [1.82, 2.24) is 24.6 Å². The Kier molecular flexibility index (Phi) is 6.29. The third-order valence-corrected chi connectivity index (χ3v) is 5.81. The number of amides is 1. The zero-order valence-electron chi connectivity index (χ0n) is 18.0. The Bertz CT molecular complexity index is 1140. The predicted octanol–water partition coefficient (Wildman–Crippen LogP) is 4.27. The molecule has 1 fully saturated rings. The van der Waals surface area contributed by atoms with Crippen molar-refractivity contribution in [1.29, 1.82) is 0 Å². The SMILES string of the molecule is CC1CC(F)(F)CN(C(=O)c2nn(C)cc2-c2ccc(F)cc2)C1CNc1ncc(Cl)cn1. The van der Waals surface area contributed by atoms with Crippen molar-refractivity contribution < 1.29 is 18.0 Å². The number of hydrogen-bond donors (Lipinski definition) is 1. The molecule has 1 aromatic carbocycles. The van der Waals surface area contributed by atoms with E-state index in [0.717, 1.165) is 4.90 Å². The fourth-order valence-corrected chi connectivity index (χ4v) is 4.20. The van der Waals surface area contributed by atoms with Crippen LogP contribution in [0.4, 0.5) is 19.1 Å². The molecule has 3 heterocycles. The Morgan fingerprint density at radius 2 is 1.91 bits per heavy atom. The van der Waals surface area contributed by atoms with Gasteiger partial charge >= 0.3 is 0 Å². The maximum absolute atomic E-state index is 14.5. The second kappa shape index (κ2) is 9.01. The molecular formula is C22H22ClF3N6O. The molecule has 1 aliphatic heterocycles. The van der Waals surface area contributed by atoms with Gasteiger partial charge in [-0.05, 0) is 23.6 Å². The van der Waals surface area contributed by atoms with E-state index in [-0.39, 0.29) is 24.6 Å². The fraction of sp³-hybridized carbons (Fsp3) is 0.364. The molecule has 1 aliphatic rings. The van der Waals surface area contributed by atoms with E-state index in [1.54, 1.807) is 20.2 Å². The lowest BCUT2D eigenvalue weighted by molar-refractivity contribution is -0.0898. The van der Waals surface area contributed by atoms with Crippen LogP contribution in [0.2, 0.25) is 5.02 Å². The number of carbonyl (C=O) groups excluding carboxylic acids is 1. The molecule has 11 heteroatoms. The highest BCUT2D eigenvalue weighted by Crippen LogP contribution is 2.36. The quantitative estimate of drug-likeness (QED) is 0.592. The highest BCUT2D eigenvalue weighted by molar-refractivity contribution is 6.30. The summed E-state index contributed by atoms with van der Waals surface area (Å²) in [4.78, 5) is 22.8. The number of halogens is 4. The molecule has 3 aromatic rings. The van der Waals surface area contributed by atoms with E-state index in [9.17, 15) is 18.0 Å². The maximum atomic E-state index is 14.5. The largest absolute Gasteiger partial charge is 0.352 e. The first kappa shape index (κ1) is 23.0. The Labute approximate surface area is 193 Å². The van der Waals surface area contributed by atoms with Crippen LogP contribution in [0.3, 0.4) is 0 Å². The maximum Gasteiger partial charge on any atom is 0.275 e. The molecule has 4 rings (SSSR count). The Hall–Kier alpha value is -3.14. The minimum absolute atomic E-state index is 0.0294. The molecule has 1 saturated heterocycles. The van der Waals surface area contributed by atoms with Crippen LogP contribution in [-0.2, 0) is 7.05 Å². The summed E-state index contributed by atoms with van der Waals surface area (Å²) in [6, 6.07) is 5.03. The molecule has 0 radical (unpaired) electrons. The van der Waals surface area contributed by atoms with Gasteiger partial charge in [0.2, 0.25) is 5.95 Å². The van der Waals surface area contributed by atoms with Crippen LogP contribution < -0.4 is 5.32 Å². The van der Waals surface area contributed by atoms with E-state index in [4.69, 9.17) is 11.6 Å². The number of nitrogens with zero attached hydrogens (tertiary/aromatic N) is 5. The van der Waals surface area contributed by atoms with Crippen LogP contribution in [0.25, 0.3) is 11.1 Å². The van der Waals surface area contributed by atoms with E-state index in [0.29, 0.717) is 16.1 Å². The number of piperidine rings is 1. The van der Waals surface area contributed by atoms with Gasteiger partial charge in [-0.15, -0.1) is 0 Å². The smallest absolute Gasteiger partial charge is 0.275 e. The highest BCUT2D eigenvalue weighted by atomic mass is 35.5. The summed E-state index contributed by atoms with van der Waals surface area (Å²) in [6.07, 6.45) is 4.10. The average Bonchev–Trinajstić information content (AvgIpc) is 3.15. The van der Waals surface area contributed by atoms with Crippen LogP contribution in [0.5, 0.6) is 0 Å². The molecule has 7 nitrogen and oxygen atoms in total. The molecule has 1 N–H and O–H groups in total. The lowest BCUT2D eigenvalue weighted by Crippen LogP contribution is -2.57. The standard InChI is InChI=1S/C22H22ClF3N6O/c1-13-7-22(25,26)12-32(18(13)10-29-21-27-8-15(23)9-28-21)20(33)19-17(11-31(2)30-19)14-3-5-16(24)6-4-14/h3-6,8-9,11,13,18H,7,10,12H2,1-2H3,(H,27,28,29). The van der Waals surface area contributed by atoms with Crippen molar-refractivity contribution in [3.05, 3.63) is 59.4 Å². The van der Waals surface area contributed by atoms with Crippen molar-refractivity contribution in [2.45, 2.75) is 25.3 Å². The molecule has 0 bridgehead atoms. The van der Waals surface area contributed by atoms with E-state index in [1.165, 1.54) is 41.3 Å². The van der Waals surface area contributed by atoms with Crippen LogP contribution in [0, 0.1) is 11.7 Å². The van der Waals surface area contributed by atoms with Gasteiger partial charge in [0.1, 0.15) is 5.82 Å². The fourth-order valence-electron chi connectivity index (χ4n) is 4.10. The number of rotatable bonds is 5. The van der Waals surface area contributed by atoms with Gasteiger partial charge in [0.15, 0.2) is 5.69 Å². The first-order chi connectivity index (χ1) is 15.6. The molecule has 2 unspecified atom stereocenters. The van der Waals surface area contributed by atoms with Gasteiger partial charge in [-0.2, -0.15) is 5.10 Å². The third kappa shape index (κ3) is 5.11. The van der Waals surface area contributed by atoms with Crippen molar-refractivity contribution in [2.75, 3.05) is 18.4 Å². The minimum atomic E-state index is -3.03. The molecule has 2 atom stereocenters. The number of aryl methyl sites for hydroxylation is 1. The summed E-state index contributed by atoms with van der Waals surface area (Å²) in [7, 11) is 1.63. The van der Waals surface area contributed by atoms with Crippen molar-refractivity contribution >= 4 is 23.5 Å². The molecule has 0 saturated carbocycles. The molecule has 33 heavy (non-hydrogen) atoms. The topological polar surface area (TPSA) is 75.9 Å². The van der Waals surface area contributed by atoms with Crippen LogP contribution in [-0.4, -0.2) is 55.6 Å². The third-order valence-electron chi connectivity index (χ3n) is 5.62. The summed E-state index contributed by atoms with van der Waals surface area (Å²) in [6.45, 7) is 1.12. The summed E-state index contributed by atoms with van der Waals surface area (Å²) in [5, 5.41) is 7.62. The number of aromatic nitrogens is 4. The summed E-state index contributed by atoms with van der Waals surface area (Å²) in [5.41, 5.74) is 1.03. The number of nitrogens with one attached hydrogen (secondary N) is 1. The second-order valence-electron chi connectivity index (χ2n) is 8.22. The highest BCUT2D eigenvalue weighted by Gasteiger charge is 2.46. The number of carbonyl (C=O) groups is 1. The number of alkyl halides is 2. The van der Waals surface area contributed by atoms with E-state index < -0.39 is 36.2 Å². The van der Waals surface area contributed by atoms with E-state index >= 15 is 0 Å². The second-order valence-corrected chi connectivity index (χ2v) is 8.65. The number of benzene rings is 1. The first-order valence-corrected chi connectivity index (χ1v) is 10.7. The lowest BCUT2D eigenvalue weighted by Gasteiger charge is -2.43. The number of likely N-dealkylation sites (tertiary alicyclic amines) is 1. The summed E-state index contributed by atoms with van der Waals surface area (Å²) >= 11 is 5.80. The number of hydrogen-bond acceptors (Lipinski definition) is 5. The average molecular weight is 479 g/mol. The van der Waals surface area contributed by atoms with Crippen LogP contribution >= 0.6 is 11.6 Å². The molecule has 0 spiro atoms. The monoisotopic (exact) mass is 478 g/mol. The molecule has 2 aromatic heterocycles. The van der Waals surface area contributed by atoms with E-state index in [2.05, 4.69) is 20.4 Å². The van der Waals surface area contributed by atoms with Gasteiger partial charge in [0.25, 0.3) is 11.8 Å². The summed E-state index contributed by atoms with van der Waals surface area (Å²) < 4.78 is 43.8. The Morgan fingerprint density at radius 1 is 1.24 bits per heavy atom. The van der Waals surface area contributed by atoms with Crippen molar-refractivity contribution in [3.8, 4) is 11.1 Å². The zero-order chi connectivity index (χ0) is 23.8. The normalized spacial score (nSPS) is 20.0. The first-order valence-electron chi connectivity index (χ1n) is 10.3. The van der Waals surface area contributed by atoms with Gasteiger partial charge in [-0.25, -0.2) is 23.1 Å². The molecule has 174 valence electrons. The van der Waals surface area contributed by atoms with Gasteiger partial charge < -0.3 is 10.2 Å². The molecular weight excluding hydrogens is 457 g/mol. The molecule has 0 aliphatic carbocycles. The van der Waals surface area contributed by atoms with Gasteiger partial charge in [-0.1, -0.05) is 30.7 Å². The van der Waals surface area contributed by atoms with E-state index in [1.807, 2.05) is 0 Å². The number of anilines is 1. The van der Waals surface area contributed by atoms with Gasteiger partial charge in [0, 0.05) is 31.8 Å². The van der Waals surface area contributed by atoms with Crippen LogP contribution in [0.1, 0.15) is 23.8 Å². The van der Waals surface area contributed by atoms with Crippen molar-refractivity contribution in [2.24, 2.45) is 13.0 Å². The van der Waals surface area contributed by atoms with Crippen molar-refractivity contribution in [3.63, 3.8) is 0 Å². The van der Waals surface area contributed by atoms with Crippen LogP contribution in [0.15, 0.2) is 42.9 Å². The predicted molar refractivity (Wildman–Crippen MR) is 118 cm³/mol. The zero-order valence-corrected chi connectivity index (χ0v) is 18.7. The summed E-state index contributed by atoms with van der Waals surface area (Å²) in [5.74, 6) is -4.30. The Balaban J connectivity index is 1.64.